The molecule has 2 aromatic rings. The Morgan fingerprint density at radius 2 is 1.93 bits per heavy atom. The van der Waals surface area contributed by atoms with Crippen LogP contribution in [-0.4, -0.2) is 31.0 Å². The number of methoxy groups -OCH3 is 1. The molecule has 0 bridgehead atoms. The maximum atomic E-state index is 11.9. The van der Waals surface area contributed by atoms with Gasteiger partial charge in [-0.1, -0.05) is 36.4 Å². The first kappa shape index (κ1) is 18.1. The zero-order valence-electron chi connectivity index (χ0n) is 16.2. The van der Waals surface area contributed by atoms with Crippen molar-refractivity contribution in [2.24, 2.45) is 0 Å². The average Bonchev–Trinajstić information content (AvgIpc) is 3.50. The Kier molecular flexibility index (Phi) is 4.92. The molecule has 1 N–H and O–H groups in total. The van der Waals surface area contributed by atoms with Gasteiger partial charge in [0.1, 0.15) is 5.75 Å². The Balaban J connectivity index is 1.50. The molecule has 27 heavy (non-hydrogen) atoms. The maximum absolute atomic E-state index is 11.9. The third kappa shape index (κ3) is 3.72. The minimum absolute atomic E-state index is 0.155. The molecule has 0 radical (unpaired) electrons. The Hall–Kier alpha value is -2.33. The van der Waals surface area contributed by atoms with Crippen molar-refractivity contribution in [1.82, 2.24) is 10.2 Å². The van der Waals surface area contributed by atoms with Gasteiger partial charge in [-0.25, -0.2) is 0 Å². The first-order chi connectivity index (χ1) is 13.1. The zero-order valence-corrected chi connectivity index (χ0v) is 16.2. The molecule has 0 unspecified atom stereocenters. The number of amides is 1. The largest absolute Gasteiger partial charge is 0.497 e. The maximum Gasteiger partial charge on any atom is 0.219 e. The number of nitrogens with one attached hydrogen (secondary N) is 1. The monoisotopic (exact) mass is 364 g/mol. The van der Waals surface area contributed by atoms with E-state index < -0.39 is 0 Å². The molecule has 1 aliphatic heterocycles. The molecular formula is C23H28N2O2. The second-order valence-corrected chi connectivity index (χ2v) is 7.87. The van der Waals surface area contributed by atoms with Crippen LogP contribution < -0.4 is 10.1 Å². The lowest BCUT2D eigenvalue weighted by molar-refractivity contribution is -0.129. The molecule has 1 atom stereocenters. The van der Waals surface area contributed by atoms with Crippen molar-refractivity contribution in [3.05, 3.63) is 65.2 Å². The second kappa shape index (κ2) is 7.35. The summed E-state index contributed by atoms with van der Waals surface area (Å²) >= 11 is 0. The van der Waals surface area contributed by atoms with Crippen molar-refractivity contribution in [2.45, 2.75) is 44.2 Å². The smallest absolute Gasteiger partial charge is 0.219 e. The summed E-state index contributed by atoms with van der Waals surface area (Å²) in [7, 11) is 1.71. The SMILES string of the molecule is COc1ccc(C2(CN[C@H]3CCN(C(C)=O)Cc4ccccc43)CC2)cc1. The van der Waals surface area contributed by atoms with E-state index in [4.69, 9.17) is 4.74 Å². The molecule has 0 spiro atoms. The number of carbonyl (C=O) groups is 1. The molecule has 4 nitrogen and oxygen atoms in total. The second-order valence-electron chi connectivity index (χ2n) is 7.87. The predicted octanol–water partition coefficient (Wildman–Crippen LogP) is 3.81. The van der Waals surface area contributed by atoms with Crippen molar-refractivity contribution in [2.75, 3.05) is 20.2 Å². The molecule has 2 aliphatic rings. The van der Waals surface area contributed by atoms with Gasteiger partial charge in [-0.2, -0.15) is 0 Å². The number of nitrogens with zero attached hydrogens (tertiary/aromatic N) is 1. The van der Waals surface area contributed by atoms with Crippen molar-refractivity contribution >= 4 is 5.91 Å². The van der Waals surface area contributed by atoms with Crippen LogP contribution in [0.4, 0.5) is 0 Å². The molecule has 2 aromatic carbocycles. The van der Waals surface area contributed by atoms with Gasteiger partial charge in [-0.05, 0) is 48.1 Å². The van der Waals surface area contributed by atoms with Crippen LogP contribution in [-0.2, 0) is 16.8 Å². The molecule has 1 saturated carbocycles. The lowest BCUT2D eigenvalue weighted by Gasteiger charge is -2.24. The van der Waals surface area contributed by atoms with E-state index in [0.717, 1.165) is 25.3 Å². The highest BCUT2D eigenvalue weighted by Crippen LogP contribution is 2.48. The number of carbonyl (C=O) groups excluding carboxylic acids is 1. The van der Waals surface area contributed by atoms with E-state index in [-0.39, 0.29) is 11.3 Å². The number of rotatable bonds is 5. The van der Waals surface area contributed by atoms with Gasteiger partial charge in [0.05, 0.1) is 7.11 Å². The van der Waals surface area contributed by atoms with Gasteiger partial charge < -0.3 is 15.0 Å². The van der Waals surface area contributed by atoms with Crippen molar-refractivity contribution in [3.63, 3.8) is 0 Å². The number of hydrogen-bond donors (Lipinski definition) is 1. The third-order valence-corrected chi connectivity index (χ3v) is 6.17. The number of ether oxygens (including phenoxy) is 1. The van der Waals surface area contributed by atoms with Crippen molar-refractivity contribution in [1.29, 1.82) is 0 Å². The summed E-state index contributed by atoms with van der Waals surface area (Å²) in [6, 6.07) is 17.3. The molecule has 0 aromatic heterocycles. The van der Waals surface area contributed by atoms with Gasteiger partial charge in [-0.15, -0.1) is 0 Å². The van der Waals surface area contributed by atoms with Crippen LogP contribution in [0.5, 0.6) is 5.75 Å². The van der Waals surface area contributed by atoms with E-state index >= 15 is 0 Å². The fraction of sp³-hybridized carbons (Fsp3) is 0.435. The number of hydrogen-bond acceptors (Lipinski definition) is 3. The molecule has 4 heteroatoms. The molecular weight excluding hydrogens is 336 g/mol. The standard InChI is InChI=1S/C23H28N2O2/c1-17(26)25-14-11-22(21-6-4-3-5-18(21)15-25)24-16-23(12-13-23)19-7-9-20(27-2)10-8-19/h3-10,22,24H,11-16H2,1-2H3/t22-/m0/s1. The topological polar surface area (TPSA) is 41.6 Å². The summed E-state index contributed by atoms with van der Waals surface area (Å²) in [5.41, 5.74) is 4.24. The van der Waals surface area contributed by atoms with Crippen molar-refractivity contribution < 1.29 is 9.53 Å². The van der Waals surface area contributed by atoms with Crippen LogP contribution in [0, 0.1) is 0 Å². The van der Waals surface area contributed by atoms with E-state index in [1.807, 2.05) is 4.90 Å². The van der Waals surface area contributed by atoms with Crippen LogP contribution in [0.1, 0.15) is 48.9 Å². The Labute approximate surface area is 161 Å². The highest BCUT2D eigenvalue weighted by atomic mass is 16.5. The van der Waals surface area contributed by atoms with Gasteiger partial charge in [0.25, 0.3) is 0 Å². The van der Waals surface area contributed by atoms with E-state index in [0.29, 0.717) is 12.6 Å². The Morgan fingerprint density at radius 1 is 1.19 bits per heavy atom. The molecule has 0 saturated heterocycles. The summed E-state index contributed by atoms with van der Waals surface area (Å²) in [5.74, 6) is 1.06. The van der Waals surface area contributed by atoms with Gasteiger partial charge in [0, 0.05) is 38.0 Å². The summed E-state index contributed by atoms with van der Waals surface area (Å²) in [5, 5.41) is 3.84. The van der Waals surface area contributed by atoms with Gasteiger partial charge in [0.2, 0.25) is 5.91 Å². The normalized spacial score (nSPS) is 20.5. The molecule has 4 rings (SSSR count). The summed E-state index contributed by atoms with van der Waals surface area (Å²) in [6.45, 7) is 4.15. The Morgan fingerprint density at radius 3 is 2.59 bits per heavy atom. The van der Waals surface area contributed by atoms with Gasteiger partial charge >= 0.3 is 0 Å². The van der Waals surface area contributed by atoms with E-state index in [2.05, 4.69) is 53.8 Å². The minimum atomic E-state index is 0.155. The van der Waals surface area contributed by atoms with Gasteiger partial charge in [-0.3, -0.25) is 4.79 Å². The molecule has 1 aliphatic carbocycles. The first-order valence-electron chi connectivity index (χ1n) is 9.82. The molecule has 1 amide bonds. The van der Waals surface area contributed by atoms with E-state index in [9.17, 15) is 4.79 Å². The highest BCUT2D eigenvalue weighted by molar-refractivity contribution is 5.73. The lowest BCUT2D eigenvalue weighted by Crippen LogP contribution is -2.32. The fourth-order valence-electron chi connectivity index (χ4n) is 4.21. The van der Waals surface area contributed by atoms with Gasteiger partial charge in [0.15, 0.2) is 0 Å². The molecule has 1 heterocycles. The van der Waals surface area contributed by atoms with Crippen LogP contribution in [0.2, 0.25) is 0 Å². The highest BCUT2D eigenvalue weighted by Gasteiger charge is 2.44. The third-order valence-electron chi connectivity index (χ3n) is 6.17. The number of fused-ring (bicyclic) bond motifs is 1. The number of benzene rings is 2. The summed E-state index contributed by atoms with van der Waals surface area (Å²) in [4.78, 5) is 13.9. The molecule has 1 fully saturated rings. The minimum Gasteiger partial charge on any atom is -0.497 e. The lowest BCUT2D eigenvalue weighted by atomic mass is 9.94. The van der Waals surface area contributed by atoms with Crippen LogP contribution in [0.25, 0.3) is 0 Å². The summed E-state index contributed by atoms with van der Waals surface area (Å²) < 4.78 is 5.29. The fourth-order valence-corrected chi connectivity index (χ4v) is 4.21. The van der Waals surface area contributed by atoms with Crippen LogP contribution in [0.15, 0.2) is 48.5 Å². The van der Waals surface area contributed by atoms with Crippen LogP contribution >= 0.6 is 0 Å². The Bertz CT molecular complexity index is 811. The molecule has 142 valence electrons. The van der Waals surface area contributed by atoms with E-state index in [1.54, 1.807) is 14.0 Å². The van der Waals surface area contributed by atoms with Crippen molar-refractivity contribution in [3.8, 4) is 5.75 Å². The van der Waals surface area contributed by atoms with Crippen LogP contribution in [0.3, 0.4) is 0 Å². The van der Waals surface area contributed by atoms with E-state index in [1.165, 1.54) is 29.5 Å². The predicted molar refractivity (Wildman–Crippen MR) is 107 cm³/mol. The average molecular weight is 364 g/mol. The zero-order chi connectivity index (χ0) is 18.9. The summed E-state index contributed by atoms with van der Waals surface area (Å²) in [6.07, 6.45) is 3.40. The quantitative estimate of drug-likeness (QED) is 0.877. The first-order valence-corrected chi connectivity index (χ1v) is 9.82.